The van der Waals surface area contributed by atoms with E-state index in [0.29, 0.717) is 31.5 Å². The molecule has 5 nitrogen and oxygen atoms in total. The van der Waals surface area contributed by atoms with Gasteiger partial charge in [0.1, 0.15) is 5.54 Å². The van der Waals surface area contributed by atoms with E-state index in [1.54, 1.807) is 12.1 Å². The summed E-state index contributed by atoms with van der Waals surface area (Å²) in [4.78, 5) is 26.1. The van der Waals surface area contributed by atoms with E-state index < -0.39 is 11.6 Å². The first-order valence-corrected chi connectivity index (χ1v) is 8.92. The minimum Gasteiger partial charge on any atom is -0.465 e. The van der Waals surface area contributed by atoms with Gasteiger partial charge in [0.05, 0.1) is 0 Å². The summed E-state index contributed by atoms with van der Waals surface area (Å²) >= 11 is 3.36. The van der Waals surface area contributed by atoms with E-state index in [1.165, 1.54) is 4.90 Å². The molecule has 0 bridgehead atoms. The van der Waals surface area contributed by atoms with Crippen LogP contribution in [0.5, 0.6) is 0 Å². The van der Waals surface area contributed by atoms with E-state index in [9.17, 15) is 14.7 Å². The lowest BCUT2D eigenvalue weighted by Gasteiger charge is -2.35. The first-order valence-electron chi connectivity index (χ1n) is 8.13. The first-order chi connectivity index (χ1) is 12.0. The summed E-state index contributed by atoms with van der Waals surface area (Å²) < 4.78 is 0.914. The molecule has 1 unspecified atom stereocenters. The van der Waals surface area contributed by atoms with Crippen LogP contribution in [-0.4, -0.2) is 34.1 Å². The Morgan fingerprint density at radius 3 is 2.44 bits per heavy atom. The zero-order valence-corrected chi connectivity index (χ0v) is 15.2. The van der Waals surface area contributed by atoms with Gasteiger partial charge >= 0.3 is 6.09 Å². The highest BCUT2D eigenvalue weighted by molar-refractivity contribution is 9.10. The molecule has 2 N–H and O–H groups in total. The van der Waals surface area contributed by atoms with Gasteiger partial charge in [-0.25, -0.2) is 4.79 Å². The standard InChI is InChI=1S/C19H19BrN2O3/c20-15-7-9-16(10-8-15)21-17(23)19(11-4-12-22(19)18(24)25)13-14-5-2-1-3-6-14/h1-3,5-10H,4,11-13H2,(H,21,23)(H,24,25). The number of hydrogen-bond acceptors (Lipinski definition) is 2. The Kier molecular flexibility index (Phi) is 5.08. The molecule has 1 aliphatic heterocycles. The second-order valence-electron chi connectivity index (χ2n) is 6.19. The summed E-state index contributed by atoms with van der Waals surface area (Å²) in [5.41, 5.74) is 0.514. The summed E-state index contributed by atoms with van der Waals surface area (Å²) in [5, 5.41) is 12.5. The number of carbonyl (C=O) groups is 2. The SMILES string of the molecule is O=C(O)N1CCCC1(Cc1ccccc1)C(=O)Nc1ccc(Br)cc1. The molecule has 0 aromatic heterocycles. The van der Waals surface area contributed by atoms with Crippen molar-refractivity contribution in [2.24, 2.45) is 0 Å². The maximum atomic E-state index is 13.1. The molecule has 0 saturated carbocycles. The number of carboxylic acid groups (broad SMARTS) is 1. The molecule has 2 aromatic rings. The van der Waals surface area contributed by atoms with Crippen LogP contribution in [0.4, 0.5) is 10.5 Å². The molecule has 0 spiro atoms. The van der Waals surface area contributed by atoms with Gasteiger partial charge in [0.15, 0.2) is 0 Å². The van der Waals surface area contributed by atoms with Crippen LogP contribution >= 0.6 is 15.9 Å². The van der Waals surface area contributed by atoms with E-state index in [0.717, 1.165) is 10.0 Å². The highest BCUT2D eigenvalue weighted by atomic mass is 79.9. The van der Waals surface area contributed by atoms with E-state index in [-0.39, 0.29) is 5.91 Å². The summed E-state index contributed by atoms with van der Waals surface area (Å²) in [6.07, 6.45) is 0.491. The predicted molar refractivity (Wildman–Crippen MR) is 99.6 cm³/mol. The van der Waals surface area contributed by atoms with Crippen molar-refractivity contribution in [2.45, 2.75) is 24.8 Å². The molecule has 25 heavy (non-hydrogen) atoms. The number of nitrogens with zero attached hydrogens (tertiary/aromatic N) is 1. The highest BCUT2D eigenvalue weighted by Gasteiger charge is 2.49. The van der Waals surface area contributed by atoms with Gasteiger partial charge in [-0.05, 0) is 42.7 Å². The molecule has 6 heteroatoms. The Labute approximate surface area is 154 Å². The molecular formula is C19H19BrN2O3. The summed E-state index contributed by atoms with van der Waals surface area (Å²) in [6.45, 7) is 0.371. The second kappa shape index (κ2) is 7.27. The zero-order valence-electron chi connectivity index (χ0n) is 13.6. The number of amides is 2. The first kappa shape index (κ1) is 17.5. The minimum absolute atomic E-state index is 0.279. The molecule has 0 aliphatic carbocycles. The largest absolute Gasteiger partial charge is 0.465 e. The normalized spacial score (nSPS) is 19.6. The number of halogens is 1. The average molecular weight is 403 g/mol. The summed E-state index contributed by atoms with van der Waals surface area (Å²) in [7, 11) is 0. The van der Waals surface area contributed by atoms with Crippen LogP contribution < -0.4 is 5.32 Å². The zero-order chi connectivity index (χ0) is 17.9. The second-order valence-corrected chi connectivity index (χ2v) is 7.11. The Hall–Kier alpha value is -2.34. The van der Waals surface area contributed by atoms with E-state index in [4.69, 9.17) is 0 Å². The van der Waals surface area contributed by atoms with Gasteiger partial charge in [0, 0.05) is 23.1 Å². The van der Waals surface area contributed by atoms with Crippen molar-refractivity contribution in [1.29, 1.82) is 0 Å². The number of carbonyl (C=O) groups excluding carboxylic acids is 1. The molecule has 2 aromatic carbocycles. The van der Waals surface area contributed by atoms with Gasteiger partial charge in [-0.1, -0.05) is 46.3 Å². The molecule has 0 radical (unpaired) electrons. The molecule has 1 aliphatic rings. The van der Waals surface area contributed by atoms with Crippen LogP contribution in [0.3, 0.4) is 0 Å². The van der Waals surface area contributed by atoms with Crippen molar-refractivity contribution in [3.8, 4) is 0 Å². The third-order valence-electron chi connectivity index (χ3n) is 4.58. The number of likely N-dealkylation sites (tertiary alicyclic amines) is 1. The van der Waals surface area contributed by atoms with Crippen molar-refractivity contribution in [3.05, 3.63) is 64.6 Å². The lowest BCUT2D eigenvalue weighted by Crippen LogP contribution is -2.56. The molecule has 1 saturated heterocycles. The molecule has 1 fully saturated rings. The Bertz CT molecular complexity index is 764. The average Bonchev–Trinajstić information content (AvgIpc) is 3.03. The Balaban J connectivity index is 1.91. The Morgan fingerprint density at radius 2 is 1.80 bits per heavy atom. The summed E-state index contributed by atoms with van der Waals surface area (Å²) in [6, 6.07) is 16.8. The maximum absolute atomic E-state index is 13.1. The van der Waals surface area contributed by atoms with E-state index in [1.807, 2.05) is 42.5 Å². The van der Waals surface area contributed by atoms with Crippen LogP contribution in [0.15, 0.2) is 59.1 Å². The van der Waals surface area contributed by atoms with E-state index >= 15 is 0 Å². The van der Waals surface area contributed by atoms with Gasteiger partial charge in [-0.2, -0.15) is 0 Å². The van der Waals surface area contributed by atoms with Crippen molar-refractivity contribution < 1.29 is 14.7 Å². The number of benzene rings is 2. The quantitative estimate of drug-likeness (QED) is 0.806. The van der Waals surface area contributed by atoms with Gasteiger partial charge < -0.3 is 10.4 Å². The van der Waals surface area contributed by atoms with Gasteiger partial charge in [-0.15, -0.1) is 0 Å². The number of anilines is 1. The molecule has 1 heterocycles. The molecule has 1 atom stereocenters. The lowest BCUT2D eigenvalue weighted by atomic mass is 9.87. The third-order valence-corrected chi connectivity index (χ3v) is 5.11. The summed E-state index contributed by atoms with van der Waals surface area (Å²) in [5.74, 6) is -0.279. The fourth-order valence-corrected chi connectivity index (χ4v) is 3.64. The maximum Gasteiger partial charge on any atom is 0.408 e. The lowest BCUT2D eigenvalue weighted by molar-refractivity contribution is -0.125. The van der Waals surface area contributed by atoms with Crippen LogP contribution in [-0.2, 0) is 11.2 Å². The van der Waals surface area contributed by atoms with E-state index in [2.05, 4.69) is 21.2 Å². The van der Waals surface area contributed by atoms with Crippen molar-refractivity contribution in [1.82, 2.24) is 4.90 Å². The van der Waals surface area contributed by atoms with Crippen molar-refractivity contribution >= 4 is 33.6 Å². The van der Waals surface area contributed by atoms with Crippen molar-refractivity contribution in [2.75, 3.05) is 11.9 Å². The molecule has 130 valence electrons. The molecule has 3 rings (SSSR count). The fourth-order valence-electron chi connectivity index (χ4n) is 3.37. The van der Waals surface area contributed by atoms with Gasteiger partial charge in [0.25, 0.3) is 5.91 Å². The highest BCUT2D eigenvalue weighted by Crippen LogP contribution is 2.34. The van der Waals surface area contributed by atoms with Gasteiger partial charge in [0.2, 0.25) is 0 Å². The smallest absolute Gasteiger partial charge is 0.408 e. The molecular weight excluding hydrogens is 384 g/mol. The number of hydrogen-bond donors (Lipinski definition) is 2. The third kappa shape index (κ3) is 3.69. The van der Waals surface area contributed by atoms with Gasteiger partial charge in [-0.3, -0.25) is 9.69 Å². The van der Waals surface area contributed by atoms with Crippen LogP contribution in [0.2, 0.25) is 0 Å². The predicted octanol–water partition coefficient (Wildman–Crippen LogP) is 4.14. The monoisotopic (exact) mass is 402 g/mol. The van der Waals surface area contributed by atoms with Crippen LogP contribution in [0.1, 0.15) is 18.4 Å². The number of rotatable bonds is 4. The molecule has 2 amide bonds. The number of nitrogens with one attached hydrogen (secondary N) is 1. The Morgan fingerprint density at radius 1 is 1.12 bits per heavy atom. The van der Waals surface area contributed by atoms with Crippen LogP contribution in [0.25, 0.3) is 0 Å². The van der Waals surface area contributed by atoms with Crippen LogP contribution in [0, 0.1) is 0 Å². The topological polar surface area (TPSA) is 69.6 Å². The van der Waals surface area contributed by atoms with Crippen molar-refractivity contribution in [3.63, 3.8) is 0 Å². The fraction of sp³-hybridized carbons (Fsp3) is 0.263. The minimum atomic E-state index is -1.08.